The number of aliphatic hydroxyl groups excluding tert-OH is 1. The molecule has 1 N–H and O–H groups in total. The van der Waals surface area contributed by atoms with Crippen LogP contribution in [-0.4, -0.2) is 47.3 Å². The van der Waals surface area contributed by atoms with Gasteiger partial charge in [-0.15, -0.1) is 5.10 Å². The van der Waals surface area contributed by atoms with Crippen molar-refractivity contribution in [1.82, 2.24) is 15.0 Å². The van der Waals surface area contributed by atoms with Gasteiger partial charge >= 0.3 is 0 Å². The van der Waals surface area contributed by atoms with Gasteiger partial charge in [-0.1, -0.05) is 85.0 Å². The number of nitrogens with zero attached hydrogens (tertiary/aromatic N) is 4. The first-order chi connectivity index (χ1) is 24.0. The van der Waals surface area contributed by atoms with Crippen molar-refractivity contribution in [1.29, 1.82) is 0 Å². The maximum Gasteiger partial charge on any atom is 0.264 e. The normalized spacial score (nSPS) is 22.3. The predicted octanol–water partition coefficient (Wildman–Crippen LogP) is 7.43. The van der Waals surface area contributed by atoms with Gasteiger partial charge in [0.05, 0.1) is 39.7 Å². The van der Waals surface area contributed by atoms with E-state index in [1.54, 1.807) is 11.8 Å². The van der Waals surface area contributed by atoms with E-state index in [0.717, 1.165) is 35.3 Å². The summed E-state index contributed by atoms with van der Waals surface area (Å²) in [6.07, 6.45) is 1.36. The van der Waals surface area contributed by atoms with Crippen molar-refractivity contribution in [2.45, 2.75) is 62.9 Å². The number of aromatic nitrogens is 3. The number of carbonyl (C=O) groups excluding carboxylic acids is 1. The van der Waals surface area contributed by atoms with Gasteiger partial charge in [0.2, 0.25) is 0 Å². The standard InChI is InChI=1S/C39H40I2N4O4Si/c1-25-37(50(3,4)31-17-15-30(48-2)16-18-31)35(20-21-44-24-33(42-43-44)36(46)27-8-6-5-7-9-27)49-39(25)32-22-29(41)14-19-34(32)45(38(39)47)23-26-10-12-28(40)13-11-26/h5-19,22,24-25,35-37,46H,20-21,23H2,1-4H3/t25-,35+,36-,37-,39+/m1/s1. The van der Waals surface area contributed by atoms with E-state index in [4.69, 9.17) is 9.47 Å². The van der Waals surface area contributed by atoms with Crippen LogP contribution >= 0.6 is 45.2 Å². The van der Waals surface area contributed by atoms with Crippen LogP contribution in [0.3, 0.4) is 0 Å². The number of aryl methyl sites for hydroxylation is 1. The van der Waals surface area contributed by atoms with Crippen LogP contribution in [0.25, 0.3) is 0 Å². The molecule has 258 valence electrons. The molecule has 0 saturated carbocycles. The summed E-state index contributed by atoms with van der Waals surface area (Å²) in [4.78, 5) is 17.0. The van der Waals surface area contributed by atoms with Crippen LogP contribution in [0.2, 0.25) is 18.6 Å². The maximum absolute atomic E-state index is 15.0. The lowest BCUT2D eigenvalue weighted by Crippen LogP contribution is -2.51. The number of hydrogen-bond donors (Lipinski definition) is 1. The fourth-order valence-corrected chi connectivity index (χ4v) is 13.0. The molecule has 0 unspecified atom stereocenters. The van der Waals surface area contributed by atoms with Gasteiger partial charge < -0.3 is 19.5 Å². The van der Waals surface area contributed by atoms with Crippen molar-refractivity contribution in [3.63, 3.8) is 0 Å². The number of hydrogen-bond acceptors (Lipinski definition) is 6. The van der Waals surface area contributed by atoms with E-state index in [-0.39, 0.29) is 23.5 Å². The number of fused-ring (bicyclic) bond motifs is 2. The van der Waals surface area contributed by atoms with Gasteiger partial charge in [-0.3, -0.25) is 9.48 Å². The molecular weight excluding hydrogens is 870 g/mol. The highest BCUT2D eigenvalue weighted by Crippen LogP contribution is 2.60. The Bertz CT molecular complexity index is 1990. The summed E-state index contributed by atoms with van der Waals surface area (Å²) in [5, 5.41) is 21.0. The molecule has 2 aliphatic heterocycles. The number of benzene rings is 4. The van der Waals surface area contributed by atoms with Crippen molar-refractivity contribution in [2.24, 2.45) is 5.92 Å². The lowest BCUT2D eigenvalue weighted by atomic mass is 9.82. The third-order valence-electron chi connectivity index (χ3n) is 10.6. The Hall–Kier alpha value is -3.11. The van der Waals surface area contributed by atoms with Crippen molar-refractivity contribution in [3.05, 3.63) is 133 Å². The number of rotatable bonds is 10. The predicted molar refractivity (Wildman–Crippen MR) is 214 cm³/mol. The molecule has 5 aromatic rings. The number of methoxy groups -OCH3 is 1. The van der Waals surface area contributed by atoms with Crippen LogP contribution in [0.1, 0.15) is 41.8 Å². The molecule has 1 aromatic heterocycles. The zero-order chi connectivity index (χ0) is 35.2. The number of aliphatic hydroxyl groups is 1. The summed E-state index contributed by atoms with van der Waals surface area (Å²) in [5.41, 5.74) is 3.19. The minimum atomic E-state index is -2.30. The van der Waals surface area contributed by atoms with Gasteiger partial charge in [-0.25, -0.2) is 0 Å². The summed E-state index contributed by atoms with van der Waals surface area (Å²) in [6, 6.07) is 32.6. The summed E-state index contributed by atoms with van der Waals surface area (Å²) in [5.74, 6) is 0.720. The summed E-state index contributed by atoms with van der Waals surface area (Å²) in [7, 11) is -0.617. The summed E-state index contributed by atoms with van der Waals surface area (Å²) in [6.45, 7) is 8.02. The van der Waals surface area contributed by atoms with Crippen molar-refractivity contribution >= 4 is 70.0 Å². The number of amides is 1. The van der Waals surface area contributed by atoms with Crippen molar-refractivity contribution < 1.29 is 19.4 Å². The van der Waals surface area contributed by atoms with Crippen molar-refractivity contribution in [2.75, 3.05) is 12.0 Å². The van der Waals surface area contributed by atoms with Crippen LogP contribution in [0.5, 0.6) is 5.75 Å². The minimum absolute atomic E-state index is 0.00149. The fraction of sp³-hybridized carbons (Fsp3) is 0.308. The number of ether oxygens (including phenoxy) is 2. The van der Waals surface area contributed by atoms with Crippen molar-refractivity contribution in [3.8, 4) is 5.75 Å². The fourth-order valence-electron chi connectivity index (χ4n) is 8.10. The highest BCUT2D eigenvalue weighted by molar-refractivity contribution is 14.1. The molecule has 5 atom stereocenters. The topological polar surface area (TPSA) is 89.7 Å². The summed E-state index contributed by atoms with van der Waals surface area (Å²) < 4.78 is 16.8. The van der Waals surface area contributed by atoms with Crippen LogP contribution in [0, 0.1) is 13.1 Å². The Balaban J connectivity index is 1.25. The molecule has 0 aliphatic carbocycles. The first-order valence-corrected chi connectivity index (χ1v) is 22.1. The molecule has 7 rings (SSSR count). The molecule has 1 spiro atoms. The molecule has 1 amide bonds. The Morgan fingerprint density at radius 2 is 1.68 bits per heavy atom. The second-order valence-electron chi connectivity index (χ2n) is 13.8. The third kappa shape index (κ3) is 6.33. The number of anilines is 1. The molecule has 11 heteroatoms. The Labute approximate surface area is 321 Å². The molecule has 50 heavy (non-hydrogen) atoms. The molecule has 8 nitrogen and oxygen atoms in total. The van der Waals surface area contributed by atoms with E-state index < -0.39 is 19.8 Å². The van der Waals surface area contributed by atoms with E-state index in [9.17, 15) is 5.11 Å². The van der Waals surface area contributed by atoms with Gasteiger partial charge in [0.25, 0.3) is 5.91 Å². The Kier molecular flexibility index (Phi) is 9.98. The monoisotopic (exact) mass is 910 g/mol. The van der Waals surface area contributed by atoms with Crippen LogP contribution < -0.4 is 14.8 Å². The zero-order valence-corrected chi connectivity index (χ0v) is 33.8. The molecule has 1 fully saturated rings. The first-order valence-electron chi connectivity index (χ1n) is 16.8. The third-order valence-corrected chi connectivity index (χ3v) is 16.4. The second kappa shape index (κ2) is 14.1. The smallest absolute Gasteiger partial charge is 0.264 e. The zero-order valence-electron chi connectivity index (χ0n) is 28.5. The van der Waals surface area contributed by atoms with E-state index in [2.05, 4.69) is 130 Å². The molecule has 1 saturated heterocycles. The van der Waals surface area contributed by atoms with E-state index in [1.807, 2.05) is 53.6 Å². The first kappa shape index (κ1) is 35.3. The average molecular weight is 911 g/mol. The van der Waals surface area contributed by atoms with E-state index in [0.29, 0.717) is 25.2 Å². The quantitative estimate of drug-likeness (QED) is 0.116. The second-order valence-corrected chi connectivity index (χ2v) is 21.0. The lowest BCUT2D eigenvalue weighted by molar-refractivity contribution is -0.146. The van der Waals surface area contributed by atoms with E-state index >= 15 is 4.79 Å². The molecule has 3 heterocycles. The molecule has 2 aliphatic rings. The van der Waals surface area contributed by atoms with Gasteiger partial charge in [0.15, 0.2) is 5.60 Å². The Morgan fingerprint density at radius 1 is 0.980 bits per heavy atom. The van der Waals surface area contributed by atoms with Crippen LogP contribution in [0.15, 0.2) is 103 Å². The van der Waals surface area contributed by atoms with Gasteiger partial charge in [-0.2, -0.15) is 0 Å². The van der Waals surface area contributed by atoms with E-state index in [1.165, 1.54) is 5.19 Å². The number of halogens is 2. The van der Waals surface area contributed by atoms with Crippen LogP contribution in [0.4, 0.5) is 5.69 Å². The molecular formula is C39H40I2N4O4Si. The number of carbonyl (C=O) groups is 1. The van der Waals surface area contributed by atoms with Crippen LogP contribution in [-0.2, 0) is 28.2 Å². The van der Waals surface area contributed by atoms with Gasteiger partial charge in [-0.05, 0) is 111 Å². The minimum Gasteiger partial charge on any atom is -0.497 e. The Morgan fingerprint density at radius 3 is 2.38 bits per heavy atom. The average Bonchev–Trinajstić information content (AvgIpc) is 3.79. The highest BCUT2D eigenvalue weighted by atomic mass is 127. The largest absolute Gasteiger partial charge is 0.497 e. The van der Waals surface area contributed by atoms with Gasteiger partial charge in [0, 0.05) is 25.2 Å². The molecule has 0 bridgehead atoms. The van der Waals surface area contributed by atoms with Gasteiger partial charge in [0.1, 0.15) is 17.5 Å². The SMILES string of the molecule is COc1ccc([Si](C)(C)[C@H]2[C@H](CCn3cc([C@H](O)c4ccccc4)nn3)O[C@@]3(C(=O)N(Cc4ccc(I)cc4)c4ccc(I)cc43)[C@@H]2C)cc1. The lowest BCUT2D eigenvalue weighted by Gasteiger charge is -2.37. The molecule has 4 aromatic carbocycles. The highest BCUT2D eigenvalue weighted by Gasteiger charge is 2.66. The summed E-state index contributed by atoms with van der Waals surface area (Å²) >= 11 is 4.65. The maximum atomic E-state index is 15.0. The molecule has 0 radical (unpaired) electrons.